The molecule has 0 unspecified atom stereocenters. The largest absolute Gasteiger partial charge is 0.484 e. The van der Waals surface area contributed by atoms with Crippen molar-refractivity contribution in [2.45, 2.75) is 52.1 Å². The Morgan fingerprint density at radius 1 is 1.41 bits per heavy atom. The van der Waals surface area contributed by atoms with Crippen molar-refractivity contribution in [2.75, 3.05) is 5.73 Å². The van der Waals surface area contributed by atoms with E-state index in [2.05, 4.69) is 6.92 Å². The predicted octanol–water partition coefficient (Wildman–Crippen LogP) is 3.61. The van der Waals surface area contributed by atoms with Crippen LogP contribution in [0.3, 0.4) is 0 Å². The van der Waals surface area contributed by atoms with Crippen molar-refractivity contribution in [3.05, 3.63) is 27.8 Å². The molecule has 1 atom stereocenters. The van der Waals surface area contributed by atoms with E-state index in [0.717, 1.165) is 38.2 Å². The number of carbonyl (C=O) groups is 1. The van der Waals surface area contributed by atoms with Crippen molar-refractivity contribution in [1.29, 1.82) is 0 Å². The summed E-state index contributed by atoms with van der Waals surface area (Å²) in [6, 6.07) is 2.15. The Balaban J connectivity index is 2.87. The second-order valence-corrected chi connectivity index (χ2v) is 5.25. The van der Waals surface area contributed by atoms with Crippen LogP contribution in [0.2, 0.25) is 0 Å². The fourth-order valence-corrected chi connectivity index (χ4v) is 2.14. The third-order valence-corrected chi connectivity index (χ3v) is 3.35. The smallest absolute Gasteiger partial charge is 0.338 e. The van der Waals surface area contributed by atoms with Gasteiger partial charge in [0.1, 0.15) is 0 Å². The van der Waals surface area contributed by atoms with E-state index >= 15 is 0 Å². The third kappa shape index (κ3) is 4.91. The van der Waals surface area contributed by atoms with E-state index in [0.29, 0.717) is 0 Å². The lowest BCUT2D eigenvalue weighted by Crippen LogP contribution is -2.14. The van der Waals surface area contributed by atoms with Gasteiger partial charge in [0, 0.05) is 12.1 Å². The van der Waals surface area contributed by atoms with E-state index in [-0.39, 0.29) is 28.8 Å². The molecule has 0 aromatic heterocycles. The molecule has 0 amide bonds. The molecule has 7 heteroatoms. The van der Waals surface area contributed by atoms with Gasteiger partial charge in [-0.05, 0) is 19.8 Å². The minimum Gasteiger partial charge on any atom is -0.484 e. The standard InChI is InChI=1S/C15H22N2O5/c1-3-4-5-6-7-10(2)22-14-9-12(16)11(15(18)19)8-13(14)17(20)21/h8-10H,3-7,16H2,1-2H3,(H,18,19)/t10-/m1/s1. The van der Waals surface area contributed by atoms with Crippen molar-refractivity contribution >= 4 is 17.3 Å². The molecule has 0 radical (unpaired) electrons. The van der Waals surface area contributed by atoms with Gasteiger partial charge in [-0.25, -0.2) is 4.79 Å². The van der Waals surface area contributed by atoms with Crippen LogP contribution < -0.4 is 10.5 Å². The van der Waals surface area contributed by atoms with Crippen molar-refractivity contribution in [2.24, 2.45) is 0 Å². The molecule has 0 aliphatic heterocycles. The lowest BCUT2D eigenvalue weighted by atomic mass is 10.1. The molecule has 0 bridgehead atoms. The van der Waals surface area contributed by atoms with E-state index in [1.54, 1.807) is 0 Å². The van der Waals surface area contributed by atoms with Crippen LogP contribution in [0, 0.1) is 10.1 Å². The average molecular weight is 310 g/mol. The lowest BCUT2D eigenvalue weighted by Gasteiger charge is -2.15. The Kier molecular flexibility index (Phi) is 6.62. The maximum Gasteiger partial charge on any atom is 0.338 e. The fourth-order valence-electron chi connectivity index (χ4n) is 2.14. The first-order valence-corrected chi connectivity index (χ1v) is 7.34. The first-order chi connectivity index (χ1) is 10.4. The molecule has 122 valence electrons. The number of unbranched alkanes of at least 4 members (excludes halogenated alkanes) is 3. The second kappa shape index (κ2) is 8.21. The molecule has 0 fully saturated rings. The van der Waals surface area contributed by atoms with Crippen LogP contribution in [-0.4, -0.2) is 22.1 Å². The van der Waals surface area contributed by atoms with E-state index in [4.69, 9.17) is 15.6 Å². The molecule has 0 spiro atoms. The number of nitro groups is 1. The van der Waals surface area contributed by atoms with Gasteiger partial charge < -0.3 is 15.6 Å². The Labute approximate surface area is 129 Å². The van der Waals surface area contributed by atoms with Gasteiger partial charge in [0.25, 0.3) is 0 Å². The summed E-state index contributed by atoms with van der Waals surface area (Å²) in [5, 5.41) is 20.0. The van der Waals surface area contributed by atoms with E-state index < -0.39 is 10.9 Å². The predicted molar refractivity (Wildman–Crippen MR) is 83.3 cm³/mol. The van der Waals surface area contributed by atoms with Crippen LogP contribution in [0.1, 0.15) is 56.3 Å². The van der Waals surface area contributed by atoms with Gasteiger partial charge in [-0.3, -0.25) is 10.1 Å². The number of nitrogens with zero attached hydrogens (tertiary/aromatic N) is 1. The topological polar surface area (TPSA) is 116 Å². The van der Waals surface area contributed by atoms with Crippen molar-refractivity contribution in [1.82, 2.24) is 0 Å². The number of aromatic carboxylic acids is 1. The maximum atomic E-state index is 11.1. The van der Waals surface area contributed by atoms with Crippen molar-refractivity contribution in [3.8, 4) is 5.75 Å². The minimum atomic E-state index is -1.31. The van der Waals surface area contributed by atoms with Crippen molar-refractivity contribution in [3.63, 3.8) is 0 Å². The molecule has 0 saturated carbocycles. The Morgan fingerprint density at radius 3 is 2.64 bits per heavy atom. The Morgan fingerprint density at radius 2 is 2.09 bits per heavy atom. The number of rotatable bonds is 9. The molecule has 0 aliphatic rings. The minimum absolute atomic E-state index is 0.00971. The zero-order valence-corrected chi connectivity index (χ0v) is 12.9. The molecule has 3 N–H and O–H groups in total. The summed E-state index contributed by atoms with van der Waals surface area (Å²) in [5.41, 5.74) is 4.89. The molecule has 7 nitrogen and oxygen atoms in total. The molecule has 1 rings (SSSR count). The summed E-state index contributed by atoms with van der Waals surface area (Å²) in [6.45, 7) is 3.95. The third-order valence-electron chi connectivity index (χ3n) is 3.35. The number of carboxylic acid groups (broad SMARTS) is 1. The maximum absolute atomic E-state index is 11.1. The number of nitrogens with two attached hydrogens (primary N) is 1. The van der Waals surface area contributed by atoms with Crippen molar-refractivity contribution < 1.29 is 19.6 Å². The normalized spacial score (nSPS) is 11.9. The van der Waals surface area contributed by atoms with Crippen LogP contribution in [-0.2, 0) is 0 Å². The number of nitro benzene ring substituents is 1. The molecule has 22 heavy (non-hydrogen) atoms. The number of hydrogen-bond acceptors (Lipinski definition) is 5. The Hall–Kier alpha value is -2.31. The van der Waals surface area contributed by atoms with E-state index in [9.17, 15) is 14.9 Å². The van der Waals surface area contributed by atoms with Crippen LogP contribution in [0.5, 0.6) is 5.75 Å². The summed E-state index contributed by atoms with van der Waals surface area (Å²) in [4.78, 5) is 21.4. The van der Waals surface area contributed by atoms with E-state index in [1.165, 1.54) is 6.07 Å². The summed E-state index contributed by atoms with van der Waals surface area (Å²) in [5.74, 6) is -1.30. The van der Waals surface area contributed by atoms with Gasteiger partial charge in [0.15, 0.2) is 5.75 Å². The van der Waals surface area contributed by atoms with Crippen LogP contribution in [0.4, 0.5) is 11.4 Å². The number of nitrogen functional groups attached to an aromatic ring is 1. The Bertz CT molecular complexity index is 545. The fraction of sp³-hybridized carbons (Fsp3) is 0.533. The van der Waals surface area contributed by atoms with Crippen LogP contribution in [0.25, 0.3) is 0 Å². The lowest BCUT2D eigenvalue weighted by molar-refractivity contribution is -0.386. The number of benzene rings is 1. The zero-order chi connectivity index (χ0) is 16.7. The quantitative estimate of drug-likeness (QED) is 0.311. The number of ether oxygens (including phenoxy) is 1. The number of anilines is 1. The SMILES string of the molecule is CCCCCC[C@@H](C)Oc1cc(N)c(C(=O)O)cc1[N+](=O)[O-]. The van der Waals surface area contributed by atoms with E-state index in [1.807, 2.05) is 6.92 Å². The summed E-state index contributed by atoms with van der Waals surface area (Å²) in [6.07, 6.45) is 4.92. The summed E-state index contributed by atoms with van der Waals surface area (Å²) >= 11 is 0. The molecule has 0 heterocycles. The molecule has 0 saturated heterocycles. The van der Waals surface area contributed by atoms with Crippen LogP contribution >= 0.6 is 0 Å². The monoisotopic (exact) mass is 310 g/mol. The highest BCUT2D eigenvalue weighted by atomic mass is 16.6. The first-order valence-electron chi connectivity index (χ1n) is 7.34. The highest BCUT2D eigenvalue weighted by molar-refractivity contribution is 5.95. The number of carboxylic acids is 1. The van der Waals surface area contributed by atoms with Gasteiger partial charge >= 0.3 is 11.7 Å². The highest BCUT2D eigenvalue weighted by Gasteiger charge is 2.22. The van der Waals surface area contributed by atoms with Gasteiger partial charge in [-0.15, -0.1) is 0 Å². The molecule has 0 aliphatic carbocycles. The first kappa shape index (κ1) is 17.7. The van der Waals surface area contributed by atoms with Crippen LogP contribution in [0.15, 0.2) is 12.1 Å². The summed E-state index contributed by atoms with van der Waals surface area (Å²) in [7, 11) is 0. The zero-order valence-electron chi connectivity index (χ0n) is 12.9. The molecule has 1 aromatic carbocycles. The molecular weight excluding hydrogens is 288 g/mol. The van der Waals surface area contributed by atoms with Gasteiger partial charge in [-0.2, -0.15) is 0 Å². The average Bonchev–Trinajstić information content (AvgIpc) is 2.43. The second-order valence-electron chi connectivity index (χ2n) is 5.25. The van der Waals surface area contributed by atoms with Gasteiger partial charge in [0.2, 0.25) is 0 Å². The molecular formula is C15H22N2O5. The summed E-state index contributed by atoms with van der Waals surface area (Å²) < 4.78 is 5.59. The van der Waals surface area contributed by atoms with Gasteiger partial charge in [-0.1, -0.05) is 26.2 Å². The van der Waals surface area contributed by atoms with Gasteiger partial charge in [0.05, 0.1) is 22.3 Å². The highest BCUT2D eigenvalue weighted by Crippen LogP contribution is 2.33. The molecule has 1 aromatic rings. The number of hydrogen-bond donors (Lipinski definition) is 2.